The molecule has 6 aromatic carbocycles. The summed E-state index contributed by atoms with van der Waals surface area (Å²) in [7, 11) is 0. The monoisotopic (exact) mass is 1780 g/mol. The number of benzene rings is 6. The van der Waals surface area contributed by atoms with Crippen LogP contribution < -0.4 is 4.74 Å². The number of unbranched alkanes of at least 4 members (excludes halogenated alkanes) is 1. The second kappa shape index (κ2) is 61.3. The highest BCUT2D eigenvalue weighted by Gasteiger charge is 2.26. The third-order valence-electron chi connectivity index (χ3n) is 17.3. The normalized spacial score (nSPS) is 13.1. The molecule has 2 fully saturated rings. The van der Waals surface area contributed by atoms with Crippen molar-refractivity contribution < 1.29 is 138 Å². The Bertz CT molecular complexity index is 4280. The Balaban J connectivity index is 0.000000292. The van der Waals surface area contributed by atoms with Gasteiger partial charge in [-0.2, -0.15) is 0 Å². The molecule has 31 nitrogen and oxygen atoms in total. The fourth-order valence-corrected chi connectivity index (χ4v) is 13.0. The zero-order valence-corrected chi connectivity index (χ0v) is 72.1. The van der Waals surface area contributed by atoms with Gasteiger partial charge in [-0.25, -0.2) is 38.4 Å². The molecule has 0 aromatic heterocycles. The predicted molar refractivity (Wildman–Crippen MR) is 455 cm³/mol. The number of carbonyl (C=O) groups excluding carboxylic acids is 16. The van der Waals surface area contributed by atoms with Crippen LogP contribution in [-0.2, 0) is 102 Å². The van der Waals surface area contributed by atoms with Crippen LogP contribution in [0.3, 0.4) is 0 Å². The van der Waals surface area contributed by atoms with E-state index >= 15 is 0 Å². The van der Waals surface area contributed by atoms with Gasteiger partial charge in [0, 0.05) is 45.3 Å². The summed E-state index contributed by atoms with van der Waals surface area (Å²) in [6, 6.07) is 50.9. The lowest BCUT2D eigenvalue weighted by atomic mass is 10.1. The second-order valence-electron chi connectivity index (χ2n) is 26.6. The summed E-state index contributed by atoms with van der Waals surface area (Å²) in [5.41, 5.74) is 2.22. The topological polar surface area (TPSA) is 400 Å². The molecule has 123 heavy (non-hydrogen) atoms. The third-order valence-corrected chi connectivity index (χ3v) is 21.0. The van der Waals surface area contributed by atoms with Gasteiger partial charge in [0.25, 0.3) is 0 Å². The largest absolute Gasteiger partial charge is 0.466 e. The number of hydrogen-bond acceptors (Lipinski definition) is 35. The molecule has 4 unspecified atom stereocenters. The number of morpholine rings is 1. The molecule has 0 spiro atoms. The Hall–Kier alpha value is -11.1. The van der Waals surface area contributed by atoms with E-state index in [1.165, 1.54) is 26.2 Å². The summed E-state index contributed by atoms with van der Waals surface area (Å²) in [4.78, 5) is 194. The molecule has 662 valence electrons. The maximum atomic E-state index is 12.2. The van der Waals surface area contributed by atoms with E-state index < -0.39 is 117 Å². The van der Waals surface area contributed by atoms with Gasteiger partial charge in [0.1, 0.15) is 42.1 Å². The summed E-state index contributed by atoms with van der Waals surface area (Å²) in [5.74, 6) is -5.01. The van der Waals surface area contributed by atoms with Gasteiger partial charge in [0.2, 0.25) is 27.2 Å². The van der Waals surface area contributed by atoms with Gasteiger partial charge in [0.15, 0.2) is 0 Å². The van der Waals surface area contributed by atoms with Crippen LogP contribution in [-0.4, -0.2) is 216 Å². The van der Waals surface area contributed by atoms with E-state index in [-0.39, 0.29) is 81.1 Å². The number of rotatable bonds is 43. The van der Waals surface area contributed by atoms with Crippen LogP contribution in [0, 0.1) is 0 Å². The Morgan fingerprint density at radius 3 is 0.959 bits per heavy atom. The van der Waals surface area contributed by atoms with Gasteiger partial charge in [-0.1, -0.05) is 128 Å². The molecule has 0 amide bonds. The highest BCUT2D eigenvalue weighted by Crippen LogP contribution is 2.23. The second-order valence-corrected chi connectivity index (χ2v) is 31.7. The number of piperidine rings is 1. The number of para-hydroxylation sites is 1. The standard InChI is InChI=1S/C23H31NO8S.C22H29NO7S.C22H22O7S.C21H20O7S/c1-18(33-23(28)32-17-31-22(27)19-7-3-2-4-8-19)20(25)9-10-21(26)30-14-6-5-11-24-12-15-29-16-13-24;1-17(31-22(27)30-16-29-21(26)18-8-4-2-5-9-18)19(24)10-11-20(25)28-15-14-23-12-6-3-7-13-23;1-16(19(23)12-13-20(24)27-14-17-8-4-2-5-9-17)30-22(26)29-15-28-21(25)18-10-6-3-7-11-18;1-15(18(22)12-13-19(23)28-17-10-6-3-7-11-17)29-21(25)27-14-26-20(24)16-8-4-2-5-9-16/h2-4,7-8,18H,5-6,9-17H2,1H3;2,4-5,8-9,17H,3,6-7,10-16H2,1H3;2-11,16H,12-15H2,1H3;2-11,15H,12-14H2,1H3. The number of hydrogen-bond donors (Lipinski definition) is 0. The number of thioether (sulfide) groups is 4. The number of nitrogens with zero attached hydrogens (tertiary/aromatic N) is 2. The Morgan fingerprint density at radius 1 is 0.309 bits per heavy atom. The predicted octanol–water partition coefficient (Wildman–Crippen LogP) is 14.7. The number of carbonyl (C=O) groups is 16. The summed E-state index contributed by atoms with van der Waals surface area (Å²) >= 11 is 2.68. The maximum absolute atomic E-state index is 12.2. The maximum Gasteiger partial charge on any atom is 0.370 e. The van der Waals surface area contributed by atoms with Crippen LogP contribution in [0.15, 0.2) is 182 Å². The molecule has 2 heterocycles. The summed E-state index contributed by atoms with van der Waals surface area (Å²) in [6.45, 7) is 11.9. The summed E-state index contributed by atoms with van der Waals surface area (Å²) in [5, 5.41) is -5.75. The Morgan fingerprint density at radius 2 is 0.610 bits per heavy atom. The van der Waals surface area contributed by atoms with Crippen molar-refractivity contribution in [2.75, 3.05) is 92.9 Å². The molecule has 35 heteroatoms. The molecule has 4 atom stereocenters. The Labute approximate surface area is 730 Å². The molecule has 0 radical (unpaired) electrons. The number of Topliss-reactive ketones (excluding diaryl/α,β-unsaturated/α-hetero) is 4. The van der Waals surface area contributed by atoms with Crippen LogP contribution >= 0.6 is 47.0 Å². The first-order chi connectivity index (χ1) is 59.3. The molecule has 6 aromatic rings. The van der Waals surface area contributed by atoms with Crippen LogP contribution in [0.1, 0.15) is 158 Å². The molecular formula is C88H102N2O29S4. The minimum absolute atomic E-state index is 0.00696. The lowest BCUT2D eigenvalue weighted by Gasteiger charge is -2.26. The van der Waals surface area contributed by atoms with Gasteiger partial charge in [-0.3, -0.25) is 48.2 Å². The van der Waals surface area contributed by atoms with Gasteiger partial charge in [-0.05, 0) is 186 Å². The number of esters is 8. The number of likely N-dealkylation sites (tertiary alicyclic amines) is 1. The quantitative estimate of drug-likeness (QED) is 0.0113. The fraction of sp³-hybridized carbons (Fsp3) is 0.409. The van der Waals surface area contributed by atoms with E-state index in [9.17, 15) is 76.7 Å². The van der Waals surface area contributed by atoms with Crippen LogP contribution in [0.5, 0.6) is 5.75 Å². The molecular weight excluding hydrogens is 1680 g/mol. The highest BCUT2D eigenvalue weighted by molar-refractivity contribution is 8.15. The van der Waals surface area contributed by atoms with Crippen molar-refractivity contribution in [2.45, 2.75) is 139 Å². The first-order valence-electron chi connectivity index (χ1n) is 39.4. The van der Waals surface area contributed by atoms with Crippen molar-refractivity contribution in [3.8, 4) is 5.75 Å². The minimum Gasteiger partial charge on any atom is -0.466 e. The van der Waals surface area contributed by atoms with Crippen molar-refractivity contribution >= 4 is 139 Å². The summed E-state index contributed by atoms with van der Waals surface area (Å²) < 4.78 is 64.5. The van der Waals surface area contributed by atoms with Crippen molar-refractivity contribution in [1.82, 2.24) is 9.80 Å². The first kappa shape index (κ1) is 102. The van der Waals surface area contributed by atoms with Crippen molar-refractivity contribution in [3.63, 3.8) is 0 Å². The lowest BCUT2D eigenvalue weighted by molar-refractivity contribution is -0.146. The zero-order valence-electron chi connectivity index (χ0n) is 68.8. The third kappa shape index (κ3) is 46.7. The lowest BCUT2D eigenvalue weighted by Crippen LogP contribution is -2.36. The average Bonchev–Trinajstić information content (AvgIpc) is 0.920. The average molecular weight is 1780 g/mol. The van der Waals surface area contributed by atoms with E-state index in [1.54, 1.807) is 172 Å². The van der Waals surface area contributed by atoms with Crippen molar-refractivity contribution in [3.05, 3.63) is 210 Å². The van der Waals surface area contributed by atoms with Gasteiger partial charge in [-0.15, -0.1) is 0 Å². The molecule has 2 aliphatic heterocycles. The van der Waals surface area contributed by atoms with Crippen LogP contribution in [0.4, 0.5) is 19.2 Å². The molecule has 8 rings (SSSR count). The van der Waals surface area contributed by atoms with Crippen LogP contribution in [0.25, 0.3) is 0 Å². The van der Waals surface area contributed by atoms with E-state index in [2.05, 4.69) is 9.80 Å². The fourth-order valence-electron chi connectivity index (χ4n) is 10.4. The number of ether oxygens (including phenoxy) is 13. The van der Waals surface area contributed by atoms with Crippen molar-refractivity contribution in [1.29, 1.82) is 0 Å². The van der Waals surface area contributed by atoms with Crippen molar-refractivity contribution in [2.24, 2.45) is 0 Å². The van der Waals surface area contributed by atoms with E-state index in [1.807, 2.05) is 30.3 Å². The van der Waals surface area contributed by atoms with Gasteiger partial charge in [0.05, 0.1) is 88.8 Å². The smallest absolute Gasteiger partial charge is 0.370 e. The van der Waals surface area contributed by atoms with Gasteiger partial charge < -0.3 is 61.6 Å². The highest BCUT2D eigenvalue weighted by atomic mass is 32.2. The molecule has 0 saturated carbocycles. The Kier molecular flexibility index (Phi) is 51.0. The summed E-state index contributed by atoms with van der Waals surface area (Å²) in [6.07, 6.45) is 4.96. The first-order valence-corrected chi connectivity index (χ1v) is 43.0. The van der Waals surface area contributed by atoms with E-state index in [0.717, 1.165) is 64.3 Å². The molecule has 0 bridgehead atoms. The van der Waals surface area contributed by atoms with Gasteiger partial charge >= 0.3 is 69.0 Å². The number of ketones is 4. The van der Waals surface area contributed by atoms with E-state index in [0.29, 0.717) is 94.8 Å². The van der Waals surface area contributed by atoms with Crippen LogP contribution in [0.2, 0.25) is 0 Å². The minimum atomic E-state index is -0.751. The molecule has 2 saturated heterocycles. The SMILES string of the molecule is CC(SC(=O)OCOC(=O)c1ccccc1)C(=O)CCC(=O)OCCCCN1CCOCC1.CC(SC(=O)OCOC(=O)c1ccccc1)C(=O)CCC(=O)OCCN1CCCCC1.CC(SC(=O)OCOC(=O)c1ccccc1)C(=O)CCC(=O)OCc1ccccc1.CC(SC(=O)OCOC(=O)c1ccccc1)C(=O)CCC(=O)Oc1ccccc1. The zero-order chi connectivity index (χ0) is 89.2. The molecule has 0 N–H and O–H groups in total. The van der Waals surface area contributed by atoms with E-state index in [4.69, 9.17) is 61.6 Å². The molecule has 0 aliphatic carbocycles. The molecule has 2 aliphatic rings.